The van der Waals surface area contributed by atoms with Crippen molar-refractivity contribution in [2.45, 2.75) is 52.0 Å². The number of hydrogen-bond donors (Lipinski definition) is 0. The molecular weight excluding hydrogens is 358 g/mol. The normalized spacial score (nSPS) is 23.7. The Morgan fingerprint density at radius 1 is 1.04 bits per heavy atom. The lowest BCUT2D eigenvalue weighted by Gasteiger charge is -2.38. The van der Waals surface area contributed by atoms with Crippen molar-refractivity contribution in [1.82, 2.24) is 14.7 Å². The molecule has 2 fully saturated rings. The minimum absolute atomic E-state index is 0.0902. The predicted molar refractivity (Wildman–Crippen MR) is 108 cm³/mol. The highest BCUT2D eigenvalue weighted by Crippen LogP contribution is 2.34. The molecule has 0 saturated carbocycles. The molecule has 1 atom stereocenters. The topological polar surface area (TPSA) is 43.9 Å². The number of fused-ring (bicyclic) bond motifs is 1. The number of likely N-dealkylation sites (tertiary alicyclic amines) is 1. The van der Waals surface area contributed by atoms with E-state index >= 15 is 0 Å². The van der Waals surface area contributed by atoms with Crippen LogP contribution in [-0.2, 0) is 17.6 Å². The van der Waals surface area contributed by atoms with Crippen LogP contribution < -0.4 is 0 Å². The third-order valence-corrected chi connectivity index (χ3v) is 7.62. The minimum atomic E-state index is 0.0902. The van der Waals surface area contributed by atoms with E-state index in [-0.39, 0.29) is 11.8 Å². The lowest BCUT2D eigenvalue weighted by molar-refractivity contribution is -0.137. The molecule has 2 saturated heterocycles. The Labute approximate surface area is 166 Å². The van der Waals surface area contributed by atoms with Crippen molar-refractivity contribution in [2.75, 3.05) is 39.3 Å². The Hall–Kier alpha value is -1.40. The molecule has 1 aromatic rings. The standard InChI is InChI=1S/C21H31N3O2S/c1-15(2)22-9-11-24(12-10-22)20(25)16-5-6-18-17(13-16)14-19(27-18)21(26)23-7-3-4-8-23/h14-16H,3-13H2,1-2H3/t16-/m1/s1. The molecule has 0 spiro atoms. The van der Waals surface area contributed by atoms with Crippen LogP contribution in [0.5, 0.6) is 0 Å². The van der Waals surface area contributed by atoms with Gasteiger partial charge in [-0.15, -0.1) is 11.3 Å². The fourth-order valence-corrected chi connectivity index (χ4v) is 5.81. The van der Waals surface area contributed by atoms with Gasteiger partial charge in [0.05, 0.1) is 4.88 Å². The molecule has 4 rings (SSSR count). The van der Waals surface area contributed by atoms with Gasteiger partial charge in [0.25, 0.3) is 5.91 Å². The molecule has 0 aromatic carbocycles. The number of amides is 2. The maximum Gasteiger partial charge on any atom is 0.263 e. The largest absolute Gasteiger partial charge is 0.340 e. The molecule has 1 aliphatic carbocycles. The second-order valence-electron chi connectivity index (χ2n) is 8.45. The second-order valence-corrected chi connectivity index (χ2v) is 9.59. The fraction of sp³-hybridized carbons (Fsp3) is 0.714. The molecule has 2 aliphatic heterocycles. The quantitative estimate of drug-likeness (QED) is 0.798. The first-order valence-electron chi connectivity index (χ1n) is 10.5. The predicted octanol–water partition coefficient (Wildman–Crippen LogP) is 2.64. The van der Waals surface area contributed by atoms with Gasteiger partial charge in [-0.2, -0.15) is 0 Å². The summed E-state index contributed by atoms with van der Waals surface area (Å²) in [4.78, 5) is 34.4. The van der Waals surface area contributed by atoms with Gasteiger partial charge in [-0.3, -0.25) is 14.5 Å². The third-order valence-electron chi connectivity index (χ3n) is 6.39. The Morgan fingerprint density at radius 2 is 1.74 bits per heavy atom. The fourth-order valence-electron chi connectivity index (χ4n) is 4.63. The van der Waals surface area contributed by atoms with Crippen LogP contribution in [-0.4, -0.2) is 71.8 Å². The highest BCUT2D eigenvalue weighted by molar-refractivity contribution is 7.14. The molecule has 0 N–H and O–H groups in total. The Balaban J connectivity index is 1.38. The number of nitrogens with zero attached hydrogens (tertiary/aromatic N) is 3. The van der Waals surface area contributed by atoms with Gasteiger partial charge in [-0.25, -0.2) is 0 Å². The van der Waals surface area contributed by atoms with E-state index in [1.165, 1.54) is 10.4 Å². The van der Waals surface area contributed by atoms with Crippen LogP contribution in [0.15, 0.2) is 6.07 Å². The molecular formula is C21H31N3O2S. The maximum atomic E-state index is 13.0. The lowest BCUT2D eigenvalue weighted by atomic mass is 9.87. The molecule has 6 heteroatoms. The van der Waals surface area contributed by atoms with Crippen LogP contribution in [0.25, 0.3) is 0 Å². The smallest absolute Gasteiger partial charge is 0.263 e. The summed E-state index contributed by atoms with van der Waals surface area (Å²) in [5.74, 6) is 0.606. The average molecular weight is 390 g/mol. The van der Waals surface area contributed by atoms with E-state index in [1.54, 1.807) is 11.3 Å². The van der Waals surface area contributed by atoms with E-state index < -0.39 is 0 Å². The van der Waals surface area contributed by atoms with E-state index in [0.717, 1.165) is 76.2 Å². The number of carbonyl (C=O) groups excluding carboxylic acids is 2. The molecule has 3 aliphatic rings. The van der Waals surface area contributed by atoms with Gasteiger partial charge in [0, 0.05) is 56.1 Å². The highest BCUT2D eigenvalue weighted by atomic mass is 32.1. The lowest BCUT2D eigenvalue weighted by Crippen LogP contribution is -2.52. The summed E-state index contributed by atoms with van der Waals surface area (Å²) in [5, 5.41) is 0. The van der Waals surface area contributed by atoms with Gasteiger partial charge >= 0.3 is 0 Å². The summed E-state index contributed by atoms with van der Waals surface area (Å²) in [7, 11) is 0. The van der Waals surface area contributed by atoms with Crippen LogP contribution >= 0.6 is 11.3 Å². The molecule has 3 heterocycles. The van der Waals surface area contributed by atoms with Crippen molar-refractivity contribution in [1.29, 1.82) is 0 Å². The van der Waals surface area contributed by atoms with Gasteiger partial charge in [0.15, 0.2) is 0 Å². The van der Waals surface area contributed by atoms with Crippen LogP contribution in [0.1, 0.15) is 53.2 Å². The second kappa shape index (κ2) is 7.92. The summed E-state index contributed by atoms with van der Waals surface area (Å²) in [6.07, 6.45) is 4.92. The third kappa shape index (κ3) is 3.92. The van der Waals surface area contributed by atoms with Crippen LogP contribution in [0.4, 0.5) is 0 Å². The number of hydrogen-bond acceptors (Lipinski definition) is 4. The van der Waals surface area contributed by atoms with Crippen molar-refractivity contribution in [3.63, 3.8) is 0 Å². The maximum absolute atomic E-state index is 13.0. The van der Waals surface area contributed by atoms with Crippen molar-refractivity contribution < 1.29 is 9.59 Å². The number of aryl methyl sites for hydroxylation is 1. The Kier molecular flexibility index (Phi) is 5.55. The first-order chi connectivity index (χ1) is 13.0. The molecule has 0 bridgehead atoms. The summed E-state index contributed by atoms with van der Waals surface area (Å²) in [6.45, 7) is 9.89. The first kappa shape index (κ1) is 18.9. The van der Waals surface area contributed by atoms with E-state index in [2.05, 4.69) is 29.7 Å². The summed E-state index contributed by atoms with van der Waals surface area (Å²) in [5.41, 5.74) is 1.24. The summed E-state index contributed by atoms with van der Waals surface area (Å²) < 4.78 is 0. The molecule has 27 heavy (non-hydrogen) atoms. The van der Waals surface area contributed by atoms with Gasteiger partial charge < -0.3 is 9.80 Å². The summed E-state index contributed by atoms with van der Waals surface area (Å²) in [6, 6.07) is 2.63. The monoisotopic (exact) mass is 389 g/mol. The van der Waals surface area contributed by atoms with E-state index in [4.69, 9.17) is 0 Å². The molecule has 1 aromatic heterocycles. The van der Waals surface area contributed by atoms with Crippen LogP contribution in [0.3, 0.4) is 0 Å². The molecule has 2 amide bonds. The Morgan fingerprint density at radius 3 is 2.41 bits per heavy atom. The van der Waals surface area contributed by atoms with E-state index in [1.807, 2.05) is 4.90 Å². The Bertz CT molecular complexity index is 700. The highest BCUT2D eigenvalue weighted by Gasteiger charge is 2.32. The minimum Gasteiger partial charge on any atom is -0.340 e. The molecule has 5 nitrogen and oxygen atoms in total. The number of carbonyl (C=O) groups is 2. The first-order valence-corrected chi connectivity index (χ1v) is 11.3. The zero-order chi connectivity index (χ0) is 19.0. The molecule has 0 radical (unpaired) electrons. The SMILES string of the molecule is CC(C)N1CCN(C(=O)[C@@H]2CCc3sc(C(=O)N4CCCC4)cc3C2)CC1. The van der Waals surface area contributed by atoms with Gasteiger partial charge in [-0.05, 0) is 57.6 Å². The van der Waals surface area contributed by atoms with Crippen molar-refractivity contribution in [3.05, 3.63) is 21.4 Å². The number of piperazine rings is 1. The average Bonchev–Trinajstić information content (AvgIpc) is 3.36. The van der Waals surface area contributed by atoms with Gasteiger partial charge in [0.1, 0.15) is 0 Å². The number of rotatable bonds is 3. The summed E-state index contributed by atoms with van der Waals surface area (Å²) >= 11 is 1.66. The molecule has 0 unspecified atom stereocenters. The van der Waals surface area contributed by atoms with E-state index in [9.17, 15) is 9.59 Å². The van der Waals surface area contributed by atoms with Crippen molar-refractivity contribution in [3.8, 4) is 0 Å². The van der Waals surface area contributed by atoms with Crippen molar-refractivity contribution in [2.24, 2.45) is 5.92 Å². The van der Waals surface area contributed by atoms with E-state index in [0.29, 0.717) is 11.9 Å². The molecule has 148 valence electrons. The van der Waals surface area contributed by atoms with Crippen LogP contribution in [0.2, 0.25) is 0 Å². The zero-order valence-corrected chi connectivity index (χ0v) is 17.4. The van der Waals surface area contributed by atoms with Crippen LogP contribution in [0, 0.1) is 5.92 Å². The van der Waals surface area contributed by atoms with Gasteiger partial charge in [0.2, 0.25) is 5.91 Å². The zero-order valence-electron chi connectivity index (χ0n) is 16.6. The number of thiophene rings is 1. The van der Waals surface area contributed by atoms with Gasteiger partial charge in [-0.1, -0.05) is 0 Å². The van der Waals surface area contributed by atoms with Crippen molar-refractivity contribution >= 4 is 23.2 Å².